The summed E-state index contributed by atoms with van der Waals surface area (Å²) in [6, 6.07) is 7.74. The average molecular weight is 344 g/mol. The molecule has 1 unspecified atom stereocenters. The zero-order valence-electron chi connectivity index (χ0n) is 15.3. The highest BCUT2D eigenvalue weighted by atomic mass is 16.5. The van der Waals surface area contributed by atoms with Gasteiger partial charge in [0.25, 0.3) is 5.91 Å². The van der Waals surface area contributed by atoms with Crippen molar-refractivity contribution in [2.75, 3.05) is 26.7 Å². The number of nitrogens with one attached hydrogen (secondary N) is 2. The van der Waals surface area contributed by atoms with Crippen LogP contribution in [0.5, 0.6) is 0 Å². The molecule has 6 nitrogen and oxygen atoms in total. The quantitative estimate of drug-likeness (QED) is 0.731. The molecule has 1 amide bonds. The Labute approximate surface area is 148 Å². The van der Waals surface area contributed by atoms with E-state index < -0.39 is 0 Å². The van der Waals surface area contributed by atoms with Crippen LogP contribution in [0.3, 0.4) is 0 Å². The first-order valence-corrected chi connectivity index (χ1v) is 8.58. The standard InChI is InChI=1S/C19H25N3O3/c1-5-20-17(23)12-22(6-2)11-16-18(19(24)25-4)13(3)14-9-7-8-10-15(14)21-16/h7-10H,5-6,11-12H2,1-4H3,(H,20,23)/p+1. The molecule has 25 heavy (non-hydrogen) atoms. The lowest BCUT2D eigenvalue weighted by Gasteiger charge is -2.19. The Hall–Kier alpha value is -2.47. The summed E-state index contributed by atoms with van der Waals surface area (Å²) in [5.41, 5.74) is 2.88. The number of amides is 1. The number of para-hydroxylation sites is 1. The summed E-state index contributed by atoms with van der Waals surface area (Å²) in [4.78, 5) is 30.0. The molecule has 0 bridgehead atoms. The number of aryl methyl sites for hydroxylation is 1. The molecule has 0 aliphatic rings. The third-order valence-electron chi connectivity index (χ3n) is 4.32. The third-order valence-corrected chi connectivity index (χ3v) is 4.32. The number of benzene rings is 1. The molecule has 2 aromatic rings. The minimum atomic E-state index is -0.390. The van der Waals surface area contributed by atoms with Crippen LogP contribution in [0.4, 0.5) is 0 Å². The smallest absolute Gasteiger partial charge is 0.340 e. The fourth-order valence-corrected chi connectivity index (χ4v) is 2.98. The number of rotatable bonds is 7. The molecule has 0 fully saturated rings. The van der Waals surface area contributed by atoms with E-state index in [1.54, 1.807) is 0 Å². The van der Waals surface area contributed by atoms with E-state index in [2.05, 4.69) is 5.32 Å². The molecule has 0 spiro atoms. The van der Waals surface area contributed by atoms with Crippen molar-refractivity contribution in [1.82, 2.24) is 10.3 Å². The van der Waals surface area contributed by atoms with Crippen molar-refractivity contribution in [2.24, 2.45) is 0 Å². The minimum Gasteiger partial charge on any atom is -0.465 e. The van der Waals surface area contributed by atoms with Crippen molar-refractivity contribution in [2.45, 2.75) is 27.3 Å². The Bertz CT molecular complexity index is 774. The van der Waals surface area contributed by atoms with Crippen molar-refractivity contribution >= 4 is 22.8 Å². The fraction of sp³-hybridized carbons (Fsp3) is 0.421. The number of pyridine rings is 1. The van der Waals surface area contributed by atoms with E-state index in [0.717, 1.165) is 27.9 Å². The van der Waals surface area contributed by atoms with Crippen LogP contribution in [0.2, 0.25) is 0 Å². The second kappa shape index (κ2) is 8.58. The van der Waals surface area contributed by atoms with Crippen LogP contribution in [0.1, 0.15) is 35.5 Å². The normalized spacial score (nSPS) is 12.0. The Morgan fingerprint density at radius 3 is 2.60 bits per heavy atom. The number of quaternary nitrogens is 1. The molecule has 1 atom stereocenters. The van der Waals surface area contributed by atoms with Crippen LogP contribution in [0.15, 0.2) is 24.3 Å². The molecule has 1 aromatic carbocycles. The Kier molecular flexibility index (Phi) is 6.47. The first kappa shape index (κ1) is 18.9. The molecule has 2 rings (SSSR count). The van der Waals surface area contributed by atoms with Gasteiger partial charge in [-0.3, -0.25) is 4.79 Å². The zero-order chi connectivity index (χ0) is 18.4. The van der Waals surface area contributed by atoms with Gasteiger partial charge >= 0.3 is 5.97 Å². The van der Waals surface area contributed by atoms with E-state index in [4.69, 9.17) is 9.72 Å². The van der Waals surface area contributed by atoms with Crippen molar-refractivity contribution < 1.29 is 19.2 Å². The summed E-state index contributed by atoms with van der Waals surface area (Å²) in [6.07, 6.45) is 0. The second-order valence-corrected chi connectivity index (χ2v) is 5.98. The number of nitrogens with zero attached hydrogens (tertiary/aromatic N) is 1. The predicted octanol–water partition coefficient (Wildman–Crippen LogP) is 0.871. The zero-order valence-corrected chi connectivity index (χ0v) is 15.3. The van der Waals surface area contributed by atoms with Crippen LogP contribution in [-0.4, -0.2) is 43.6 Å². The first-order chi connectivity index (χ1) is 12.0. The number of hydrogen-bond acceptors (Lipinski definition) is 4. The van der Waals surface area contributed by atoms with E-state index in [9.17, 15) is 9.59 Å². The van der Waals surface area contributed by atoms with E-state index in [-0.39, 0.29) is 11.9 Å². The highest BCUT2D eigenvalue weighted by Gasteiger charge is 2.23. The van der Waals surface area contributed by atoms with Gasteiger partial charge in [0, 0.05) is 11.9 Å². The topological polar surface area (TPSA) is 72.7 Å². The SMILES string of the molecule is CCNC(=O)C[NH+](CC)Cc1nc2ccccc2c(C)c1C(=O)OC. The van der Waals surface area contributed by atoms with E-state index in [0.29, 0.717) is 30.9 Å². The maximum absolute atomic E-state index is 12.3. The molecule has 1 aromatic heterocycles. The van der Waals surface area contributed by atoms with Gasteiger partial charge in [-0.1, -0.05) is 18.2 Å². The van der Waals surface area contributed by atoms with Gasteiger partial charge in [0.2, 0.25) is 0 Å². The lowest BCUT2D eigenvalue weighted by molar-refractivity contribution is -0.904. The maximum Gasteiger partial charge on any atom is 0.340 e. The van der Waals surface area contributed by atoms with Gasteiger partial charge in [-0.15, -0.1) is 0 Å². The van der Waals surface area contributed by atoms with E-state index in [1.165, 1.54) is 7.11 Å². The Balaban J connectivity index is 2.44. The van der Waals surface area contributed by atoms with Gasteiger partial charge in [0.15, 0.2) is 6.54 Å². The lowest BCUT2D eigenvalue weighted by Crippen LogP contribution is -3.11. The third kappa shape index (κ3) is 4.33. The van der Waals surface area contributed by atoms with Gasteiger partial charge in [-0.05, 0) is 32.4 Å². The number of aromatic nitrogens is 1. The molecule has 6 heteroatoms. The first-order valence-electron chi connectivity index (χ1n) is 8.58. The Morgan fingerprint density at radius 1 is 1.24 bits per heavy atom. The van der Waals surface area contributed by atoms with Crippen LogP contribution >= 0.6 is 0 Å². The highest BCUT2D eigenvalue weighted by molar-refractivity contribution is 5.98. The fourth-order valence-electron chi connectivity index (χ4n) is 2.98. The molecule has 2 N–H and O–H groups in total. The van der Waals surface area contributed by atoms with E-state index >= 15 is 0 Å². The van der Waals surface area contributed by atoms with Gasteiger partial charge in [-0.2, -0.15) is 0 Å². The predicted molar refractivity (Wildman–Crippen MR) is 96.6 cm³/mol. The molecule has 0 aliphatic heterocycles. The number of fused-ring (bicyclic) bond motifs is 1. The molecule has 134 valence electrons. The number of hydrogen-bond donors (Lipinski definition) is 2. The summed E-state index contributed by atoms with van der Waals surface area (Å²) >= 11 is 0. The minimum absolute atomic E-state index is 0.00326. The average Bonchev–Trinajstić information content (AvgIpc) is 2.61. The van der Waals surface area contributed by atoms with Crippen molar-refractivity contribution in [3.05, 3.63) is 41.1 Å². The summed E-state index contributed by atoms with van der Waals surface area (Å²) in [5, 5.41) is 3.75. The van der Waals surface area contributed by atoms with Crippen LogP contribution in [-0.2, 0) is 16.1 Å². The van der Waals surface area contributed by atoms with Gasteiger partial charge in [0.05, 0.1) is 24.7 Å². The lowest BCUT2D eigenvalue weighted by atomic mass is 10.0. The van der Waals surface area contributed by atoms with Crippen LogP contribution in [0.25, 0.3) is 10.9 Å². The number of esters is 1. The summed E-state index contributed by atoms with van der Waals surface area (Å²) in [6.45, 7) is 8.02. The van der Waals surface area contributed by atoms with E-state index in [1.807, 2.05) is 45.0 Å². The number of carbonyl (C=O) groups excluding carboxylic acids is 2. The molecule has 0 radical (unpaired) electrons. The number of likely N-dealkylation sites (N-methyl/N-ethyl adjacent to an activating group) is 2. The molecule has 1 heterocycles. The Morgan fingerprint density at radius 2 is 1.96 bits per heavy atom. The van der Waals surface area contributed by atoms with Crippen molar-refractivity contribution in [1.29, 1.82) is 0 Å². The molecule has 0 aliphatic carbocycles. The molecule has 0 saturated heterocycles. The maximum atomic E-state index is 12.3. The number of methoxy groups -OCH3 is 1. The number of ether oxygens (including phenoxy) is 1. The molecular formula is C19H26N3O3+. The summed E-state index contributed by atoms with van der Waals surface area (Å²) < 4.78 is 4.97. The van der Waals surface area contributed by atoms with Crippen LogP contribution in [0, 0.1) is 6.92 Å². The summed E-state index contributed by atoms with van der Waals surface area (Å²) in [7, 11) is 1.37. The summed E-state index contributed by atoms with van der Waals surface area (Å²) in [5.74, 6) is -0.393. The van der Waals surface area contributed by atoms with Gasteiger partial charge in [-0.25, -0.2) is 9.78 Å². The molecular weight excluding hydrogens is 318 g/mol. The largest absolute Gasteiger partial charge is 0.465 e. The highest BCUT2D eigenvalue weighted by Crippen LogP contribution is 2.23. The van der Waals surface area contributed by atoms with Gasteiger partial charge < -0.3 is 15.0 Å². The van der Waals surface area contributed by atoms with Crippen LogP contribution < -0.4 is 10.2 Å². The molecule has 0 saturated carbocycles. The van der Waals surface area contributed by atoms with Crippen molar-refractivity contribution in [3.8, 4) is 0 Å². The van der Waals surface area contributed by atoms with Crippen molar-refractivity contribution in [3.63, 3.8) is 0 Å². The second-order valence-electron chi connectivity index (χ2n) is 5.98. The number of carbonyl (C=O) groups is 2. The monoisotopic (exact) mass is 344 g/mol. The van der Waals surface area contributed by atoms with Gasteiger partial charge in [0.1, 0.15) is 12.2 Å².